The molecule has 0 atom stereocenters. The molecule has 0 aromatic heterocycles. The van der Waals surface area contributed by atoms with E-state index in [0.717, 1.165) is 12.8 Å². The summed E-state index contributed by atoms with van der Waals surface area (Å²) in [6.07, 6.45) is 3.36. The molecular weight excluding hydrogens is 255 g/mol. The monoisotopic (exact) mass is 271 g/mol. The summed E-state index contributed by atoms with van der Waals surface area (Å²) in [5, 5.41) is 0. The number of ether oxygens (including phenoxy) is 1. The molecule has 0 saturated heterocycles. The molecule has 0 aromatic rings. The predicted octanol–water partition coefficient (Wildman–Crippen LogP) is -1.56. The molecule has 0 aromatic carbocycles. The SMILES string of the molecule is CCCCCOC(=O)C[I-]C. The quantitative estimate of drug-likeness (QED) is 0.253. The number of alkyl halides is 2. The van der Waals surface area contributed by atoms with Gasteiger partial charge in [0.1, 0.15) is 0 Å². The van der Waals surface area contributed by atoms with Crippen LogP contribution in [0.2, 0.25) is 0 Å². The molecule has 0 spiro atoms. The van der Waals surface area contributed by atoms with Crippen LogP contribution in [-0.4, -0.2) is 21.9 Å². The maximum atomic E-state index is 10.8. The Bertz CT molecular complexity index is 104. The Hall–Kier alpha value is 0.200. The summed E-state index contributed by atoms with van der Waals surface area (Å²) in [7, 11) is 0. The first-order valence-electron chi connectivity index (χ1n) is 3.90. The zero-order valence-electron chi connectivity index (χ0n) is 7.23. The van der Waals surface area contributed by atoms with Crippen LogP contribution in [0.1, 0.15) is 26.2 Å². The zero-order chi connectivity index (χ0) is 8.53. The Balaban J connectivity index is 3.04. The van der Waals surface area contributed by atoms with Crippen LogP contribution in [0.25, 0.3) is 0 Å². The third-order valence-corrected chi connectivity index (χ3v) is 2.64. The molecule has 0 aliphatic carbocycles. The second-order valence-electron chi connectivity index (χ2n) is 2.33. The fourth-order valence-corrected chi connectivity index (χ4v) is 1.53. The van der Waals surface area contributed by atoms with E-state index in [1.807, 2.05) is 0 Å². The molecule has 0 radical (unpaired) electrons. The van der Waals surface area contributed by atoms with Crippen molar-refractivity contribution in [3.05, 3.63) is 0 Å². The van der Waals surface area contributed by atoms with E-state index < -0.39 is 0 Å². The average Bonchev–Trinajstić information content (AvgIpc) is 1.99. The van der Waals surface area contributed by atoms with Crippen LogP contribution >= 0.6 is 0 Å². The second kappa shape index (κ2) is 8.30. The fourth-order valence-electron chi connectivity index (χ4n) is 0.686. The van der Waals surface area contributed by atoms with Crippen LogP contribution < -0.4 is 21.2 Å². The summed E-state index contributed by atoms with van der Waals surface area (Å²) in [5.41, 5.74) is 0. The Morgan fingerprint density at radius 3 is 2.73 bits per heavy atom. The summed E-state index contributed by atoms with van der Waals surface area (Å²) < 4.78 is 5.64. The maximum absolute atomic E-state index is 10.8. The van der Waals surface area contributed by atoms with Gasteiger partial charge in [0.25, 0.3) is 0 Å². The molecule has 0 aliphatic heterocycles. The molecule has 0 aliphatic rings. The van der Waals surface area contributed by atoms with E-state index in [1.54, 1.807) is 0 Å². The van der Waals surface area contributed by atoms with Crippen molar-refractivity contribution in [1.29, 1.82) is 0 Å². The van der Waals surface area contributed by atoms with E-state index in [0.29, 0.717) is 11.0 Å². The molecule has 0 N–H and O–H groups in total. The number of hydrogen-bond acceptors (Lipinski definition) is 2. The van der Waals surface area contributed by atoms with Crippen molar-refractivity contribution in [2.75, 3.05) is 16.0 Å². The van der Waals surface area contributed by atoms with E-state index in [-0.39, 0.29) is 27.2 Å². The number of esters is 1. The van der Waals surface area contributed by atoms with Gasteiger partial charge in [-0.25, -0.2) is 0 Å². The molecule has 3 heteroatoms. The van der Waals surface area contributed by atoms with Crippen LogP contribution in [-0.2, 0) is 9.53 Å². The van der Waals surface area contributed by atoms with Crippen LogP contribution in [0.15, 0.2) is 0 Å². The molecule has 2 nitrogen and oxygen atoms in total. The van der Waals surface area contributed by atoms with Gasteiger partial charge in [-0.15, -0.1) is 0 Å². The Labute approximate surface area is 79.0 Å². The first kappa shape index (κ1) is 11.2. The minimum absolute atomic E-state index is 0.00333. The third kappa shape index (κ3) is 8.10. The van der Waals surface area contributed by atoms with Crippen LogP contribution in [0.4, 0.5) is 0 Å². The van der Waals surface area contributed by atoms with Gasteiger partial charge in [-0.05, 0) is 0 Å². The number of carbonyl (C=O) groups excluding carboxylic acids is 1. The van der Waals surface area contributed by atoms with Crippen molar-refractivity contribution in [3.63, 3.8) is 0 Å². The predicted molar refractivity (Wildman–Crippen MR) is 41.3 cm³/mol. The second-order valence-corrected chi connectivity index (χ2v) is 4.62. The van der Waals surface area contributed by atoms with Crippen LogP contribution in [0, 0.1) is 0 Å². The van der Waals surface area contributed by atoms with E-state index in [4.69, 9.17) is 4.74 Å². The van der Waals surface area contributed by atoms with Crippen molar-refractivity contribution in [3.8, 4) is 0 Å². The van der Waals surface area contributed by atoms with Gasteiger partial charge < -0.3 is 0 Å². The number of hydrogen-bond donors (Lipinski definition) is 0. The molecule has 0 amide bonds. The van der Waals surface area contributed by atoms with Gasteiger partial charge in [0.2, 0.25) is 0 Å². The normalized spacial score (nSPS) is 10.0. The molecule has 0 fully saturated rings. The van der Waals surface area contributed by atoms with Crippen molar-refractivity contribution in [2.24, 2.45) is 0 Å². The molecule has 0 unspecified atom stereocenters. The van der Waals surface area contributed by atoms with Gasteiger partial charge in [-0.1, -0.05) is 0 Å². The fraction of sp³-hybridized carbons (Fsp3) is 0.875. The van der Waals surface area contributed by atoms with Gasteiger partial charge in [0.15, 0.2) is 0 Å². The van der Waals surface area contributed by atoms with Crippen LogP contribution in [0.5, 0.6) is 0 Å². The third-order valence-electron chi connectivity index (χ3n) is 1.25. The molecule has 68 valence electrons. The van der Waals surface area contributed by atoms with E-state index in [9.17, 15) is 4.79 Å². The summed E-state index contributed by atoms with van der Waals surface area (Å²) in [6, 6.07) is 0. The Morgan fingerprint density at radius 1 is 1.45 bits per heavy atom. The Kier molecular flexibility index (Phi) is 8.45. The van der Waals surface area contributed by atoms with E-state index >= 15 is 0 Å². The first-order chi connectivity index (χ1) is 5.31. The molecule has 11 heavy (non-hydrogen) atoms. The van der Waals surface area contributed by atoms with Gasteiger partial charge in [0.05, 0.1) is 0 Å². The summed E-state index contributed by atoms with van der Waals surface area (Å²) in [5.74, 6) is -0.00333. The van der Waals surface area contributed by atoms with E-state index in [2.05, 4.69) is 11.9 Å². The Morgan fingerprint density at radius 2 is 2.18 bits per heavy atom. The molecular formula is C8H16IO2-. The average molecular weight is 271 g/mol. The van der Waals surface area contributed by atoms with Gasteiger partial charge in [-0.2, -0.15) is 0 Å². The van der Waals surface area contributed by atoms with Gasteiger partial charge in [0, 0.05) is 0 Å². The topological polar surface area (TPSA) is 26.3 Å². The van der Waals surface area contributed by atoms with Crippen LogP contribution in [0.3, 0.4) is 0 Å². The first-order valence-corrected chi connectivity index (χ1v) is 7.59. The molecule has 0 rings (SSSR count). The van der Waals surface area contributed by atoms with Gasteiger partial charge in [-0.3, -0.25) is 0 Å². The molecule has 0 saturated carbocycles. The zero-order valence-corrected chi connectivity index (χ0v) is 9.39. The summed E-state index contributed by atoms with van der Waals surface area (Å²) in [6.45, 7) is 2.76. The summed E-state index contributed by atoms with van der Waals surface area (Å²) >= 11 is 0.0666. The van der Waals surface area contributed by atoms with E-state index in [1.165, 1.54) is 6.42 Å². The number of unbranched alkanes of at least 4 members (excludes halogenated alkanes) is 2. The van der Waals surface area contributed by atoms with Crippen molar-refractivity contribution in [1.82, 2.24) is 0 Å². The van der Waals surface area contributed by atoms with Crippen molar-refractivity contribution in [2.45, 2.75) is 26.2 Å². The standard InChI is InChI=1S/C8H16IO2/c1-3-4-5-6-11-8(10)7-9-2/h3-7H2,1-2H3/q-1. The molecule has 0 bridgehead atoms. The summed E-state index contributed by atoms with van der Waals surface area (Å²) in [4.78, 5) is 12.9. The van der Waals surface area contributed by atoms with Crippen molar-refractivity contribution < 1.29 is 30.7 Å². The number of carbonyl (C=O) groups is 1. The number of rotatable bonds is 6. The number of halogens is 1. The van der Waals surface area contributed by atoms with Crippen molar-refractivity contribution >= 4 is 5.97 Å². The van der Waals surface area contributed by atoms with Gasteiger partial charge >= 0.3 is 78.9 Å². The minimum atomic E-state index is -0.00333. The molecule has 0 heterocycles.